The second-order valence-corrected chi connectivity index (χ2v) is 10.4. The number of nitrogens with zero attached hydrogens (tertiary/aromatic N) is 4. The maximum atomic E-state index is 13.0. The minimum absolute atomic E-state index is 0.0475. The highest BCUT2D eigenvalue weighted by molar-refractivity contribution is 7.98. The molecule has 2 fully saturated rings. The summed E-state index contributed by atoms with van der Waals surface area (Å²) in [6, 6.07) is 19.8. The highest BCUT2D eigenvalue weighted by Gasteiger charge is 2.40. The van der Waals surface area contributed by atoms with Crippen molar-refractivity contribution < 1.29 is 14.3 Å². The number of hydrogen-bond acceptors (Lipinski definition) is 7. The summed E-state index contributed by atoms with van der Waals surface area (Å²) in [6.45, 7) is 3.29. The molecule has 0 radical (unpaired) electrons. The number of anilines is 1. The fraction of sp³-hybridized carbons (Fsp3) is 0.370. The molecule has 7 nitrogen and oxygen atoms in total. The molecule has 0 aliphatic carbocycles. The zero-order valence-corrected chi connectivity index (χ0v) is 21.8. The first kappa shape index (κ1) is 25.0. The molecule has 0 atom stereocenters. The molecule has 3 heterocycles. The SMILES string of the molecule is CN(Cc1ccccc1)c1cc(Cl)nc(SCc2ccc(C(=O)N3CCC4(CC3)OCCO4)cc2)n1. The van der Waals surface area contributed by atoms with Gasteiger partial charge in [-0.25, -0.2) is 9.97 Å². The Kier molecular flexibility index (Phi) is 7.76. The zero-order valence-electron chi connectivity index (χ0n) is 20.2. The van der Waals surface area contributed by atoms with E-state index in [0.29, 0.717) is 47.9 Å². The third-order valence-corrected chi connectivity index (χ3v) is 7.62. The second kappa shape index (κ2) is 11.2. The van der Waals surface area contributed by atoms with E-state index < -0.39 is 5.79 Å². The number of amides is 1. The van der Waals surface area contributed by atoms with Gasteiger partial charge in [0.1, 0.15) is 11.0 Å². The maximum Gasteiger partial charge on any atom is 0.253 e. The molecule has 3 aromatic rings. The van der Waals surface area contributed by atoms with Crippen LogP contribution in [0.4, 0.5) is 5.82 Å². The van der Waals surface area contributed by atoms with Gasteiger partial charge in [0.2, 0.25) is 0 Å². The summed E-state index contributed by atoms with van der Waals surface area (Å²) in [5.41, 5.74) is 2.98. The Balaban J connectivity index is 1.16. The van der Waals surface area contributed by atoms with Gasteiger partial charge in [-0.3, -0.25) is 4.79 Å². The van der Waals surface area contributed by atoms with E-state index in [2.05, 4.69) is 22.0 Å². The Hall–Kier alpha value is -2.65. The molecular formula is C27H29ClN4O3S. The molecular weight excluding hydrogens is 496 g/mol. The molecule has 0 unspecified atom stereocenters. The van der Waals surface area contributed by atoms with Crippen LogP contribution in [0.5, 0.6) is 0 Å². The number of carbonyl (C=O) groups excluding carboxylic acids is 1. The second-order valence-electron chi connectivity index (χ2n) is 9.06. The predicted molar refractivity (Wildman–Crippen MR) is 141 cm³/mol. The van der Waals surface area contributed by atoms with Gasteiger partial charge in [-0.15, -0.1) is 0 Å². The third kappa shape index (κ3) is 6.00. The number of halogens is 1. The van der Waals surface area contributed by atoms with Gasteiger partial charge in [-0.05, 0) is 23.3 Å². The Bertz CT molecular complexity index is 1180. The molecule has 2 saturated heterocycles. The molecule has 1 spiro atoms. The number of thioether (sulfide) groups is 1. The van der Waals surface area contributed by atoms with Crippen LogP contribution in [0.2, 0.25) is 5.15 Å². The lowest BCUT2D eigenvalue weighted by Crippen LogP contribution is -2.47. The van der Waals surface area contributed by atoms with Crippen LogP contribution in [0.1, 0.15) is 34.3 Å². The van der Waals surface area contributed by atoms with Crippen LogP contribution in [0.25, 0.3) is 0 Å². The van der Waals surface area contributed by atoms with E-state index >= 15 is 0 Å². The molecule has 0 bridgehead atoms. The number of benzene rings is 2. The van der Waals surface area contributed by atoms with Crippen LogP contribution in [0.3, 0.4) is 0 Å². The quantitative estimate of drug-likeness (QED) is 0.244. The number of hydrogen-bond donors (Lipinski definition) is 0. The van der Waals surface area contributed by atoms with Gasteiger partial charge < -0.3 is 19.3 Å². The number of rotatable bonds is 7. The van der Waals surface area contributed by atoms with Crippen molar-refractivity contribution >= 4 is 35.1 Å². The minimum Gasteiger partial charge on any atom is -0.355 e. The third-order valence-electron chi connectivity index (χ3n) is 6.51. The average Bonchev–Trinajstić information content (AvgIpc) is 3.36. The van der Waals surface area contributed by atoms with Crippen molar-refractivity contribution in [2.24, 2.45) is 0 Å². The van der Waals surface area contributed by atoms with Crippen molar-refractivity contribution in [3.8, 4) is 0 Å². The lowest BCUT2D eigenvalue weighted by atomic mass is 10.0. The van der Waals surface area contributed by atoms with Crippen molar-refractivity contribution in [3.63, 3.8) is 0 Å². The summed E-state index contributed by atoms with van der Waals surface area (Å²) in [4.78, 5) is 26.0. The first-order valence-electron chi connectivity index (χ1n) is 12.1. The average molecular weight is 525 g/mol. The van der Waals surface area contributed by atoms with E-state index in [9.17, 15) is 4.79 Å². The van der Waals surface area contributed by atoms with Crippen LogP contribution < -0.4 is 4.90 Å². The highest BCUT2D eigenvalue weighted by atomic mass is 35.5. The van der Waals surface area contributed by atoms with Crippen LogP contribution in [0, 0.1) is 0 Å². The number of piperidine rings is 1. The van der Waals surface area contributed by atoms with Gasteiger partial charge >= 0.3 is 0 Å². The molecule has 188 valence electrons. The van der Waals surface area contributed by atoms with Crippen LogP contribution >= 0.6 is 23.4 Å². The van der Waals surface area contributed by atoms with E-state index in [1.165, 1.54) is 17.3 Å². The first-order chi connectivity index (χ1) is 17.5. The topological polar surface area (TPSA) is 67.8 Å². The molecule has 1 amide bonds. The summed E-state index contributed by atoms with van der Waals surface area (Å²) in [7, 11) is 1.99. The Morgan fingerprint density at radius 2 is 1.72 bits per heavy atom. The number of ether oxygens (including phenoxy) is 2. The fourth-order valence-electron chi connectivity index (χ4n) is 4.49. The van der Waals surface area contributed by atoms with Crippen LogP contribution in [-0.2, 0) is 21.8 Å². The highest BCUT2D eigenvalue weighted by Crippen LogP contribution is 2.32. The largest absolute Gasteiger partial charge is 0.355 e. The first-order valence-corrected chi connectivity index (χ1v) is 13.4. The molecule has 5 rings (SSSR count). The molecule has 36 heavy (non-hydrogen) atoms. The van der Waals surface area contributed by atoms with Gasteiger partial charge in [-0.2, -0.15) is 0 Å². The van der Waals surface area contributed by atoms with Gasteiger partial charge in [0.15, 0.2) is 10.9 Å². The Labute approximate surface area is 220 Å². The van der Waals surface area contributed by atoms with Crippen molar-refractivity contribution in [3.05, 3.63) is 82.5 Å². The van der Waals surface area contributed by atoms with Crippen molar-refractivity contribution in [1.82, 2.24) is 14.9 Å². The molecule has 2 aromatic carbocycles. The summed E-state index contributed by atoms with van der Waals surface area (Å²) in [5.74, 6) is 1.03. The standard InChI is InChI=1S/C27H29ClN4O3S/c1-31(18-20-5-3-2-4-6-20)24-17-23(28)29-26(30-24)36-19-21-7-9-22(10-8-21)25(33)32-13-11-27(12-14-32)34-15-16-35-27/h2-10,17H,11-16,18-19H2,1H3. The molecule has 1 aromatic heterocycles. The smallest absolute Gasteiger partial charge is 0.253 e. The monoisotopic (exact) mass is 524 g/mol. The van der Waals surface area contributed by atoms with E-state index in [1.54, 1.807) is 6.07 Å². The van der Waals surface area contributed by atoms with E-state index in [4.69, 9.17) is 26.1 Å². The van der Waals surface area contributed by atoms with Crippen molar-refractivity contribution in [2.45, 2.75) is 36.1 Å². The molecule has 0 N–H and O–H groups in total. The summed E-state index contributed by atoms with van der Waals surface area (Å²) >= 11 is 7.82. The number of likely N-dealkylation sites (tertiary alicyclic amines) is 1. The van der Waals surface area contributed by atoms with Crippen molar-refractivity contribution in [2.75, 3.05) is 38.3 Å². The maximum absolute atomic E-state index is 13.0. The van der Waals surface area contributed by atoms with Crippen LogP contribution in [0.15, 0.2) is 65.8 Å². The number of aromatic nitrogens is 2. The predicted octanol–water partition coefficient (Wildman–Crippen LogP) is 5.04. The molecule has 9 heteroatoms. The summed E-state index contributed by atoms with van der Waals surface area (Å²) in [6.07, 6.45) is 1.44. The van der Waals surface area contributed by atoms with E-state index in [-0.39, 0.29) is 5.91 Å². The molecule has 0 saturated carbocycles. The van der Waals surface area contributed by atoms with Crippen LogP contribution in [-0.4, -0.2) is 59.9 Å². The van der Waals surface area contributed by atoms with E-state index in [0.717, 1.165) is 30.8 Å². The van der Waals surface area contributed by atoms with E-state index in [1.807, 2.05) is 54.4 Å². The lowest BCUT2D eigenvalue weighted by Gasteiger charge is -2.37. The van der Waals surface area contributed by atoms with Gasteiger partial charge in [-0.1, -0.05) is 65.8 Å². The van der Waals surface area contributed by atoms with Gasteiger partial charge in [0.25, 0.3) is 5.91 Å². The van der Waals surface area contributed by atoms with Crippen molar-refractivity contribution in [1.29, 1.82) is 0 Å². The minimum atomic E-state index is -0.476. The molecule has 2 aliphatic rings. The normalized spacial score (nSPS) is 16.9. The fourth-order valence-corrected chi connectivity index (χ4v) is 5.53. The zero-order chi connectivity index (χ0) is 25.0. The number of carbonyl (C=O) groups is 1. The summed E-state index contributed by atoms with van der Waals surface area (Å²) < 4.78 is 11.5. The molecule has 2 aliphatic heterocycles. The van der Waals surface area contributed by atoms with Gasteiger partial charge in [0, 0.05) is 56.9 Å². The Morgan fingerprint density at radius 1 is 1.03 bits per heavy atom. The lowest BCUT2D eigenvalue weighted by molar-refractivity contribution is -0.181. The van der Waals surface area contributed by atoms with Gasteiger partial charge in [0.05, 0.1) is 13.2 Å². The summed E-state index contributed by atoms with van der Waals surface area (Å²) in [5, 5.41) is 1.04. The Morgan fingerprint density at radius 3 is 2.42 bits per heavy atom.